The van der Waals surface area contributed by atoms with Crippen LogP contribution in [0.5, 0.6) is 0 Å². The number of nitrogens with zero attached hydrogens (tertiary/aromatic N) is 4. The summed E-state index contributed by atoms with van der Waals surface area (Å²) >= 11 is 0. The standard InChI is InChI=1S/C19H14BN5/c21-14-15-8-4-5-11-17(15)20-23-19(18-12-6-7-13-22-18)24-25(20)16-9-2-1-3-10-16/h1-13H,(H,23,24). The topological polar surface area (TPSA) is 64.3 Å². The van der Waals surface area contributed by atoms with Crippen LogP contribution in [0.3, 0.4) is 0 Å². The van der Waals surface area contributed by atoms with Crippen LogP contribution in [-0.4, -0.2) is 17.8 Å². The van der Waals surface area contributed by atoms with Crippen LogP contribution in [0, 0.1) is 11.3 Å². The fraction of sp³-hybridized carbons (Fsp3) is 0. The van der Waals surface area contributed by atoms with Crippen molar-refractivity contribution in [2.45, 2.75) is 0 Å². The van der Waals surface area contributed by atoms with Crippen molar-refractivity contribution in [3.05, 3.63) is 90.3 Å². The average Bonchev–Trinajstić information content (AvgIpc) is 3.14. The van der Waals surface area contributed by atoms with E-state index in [1.807, 2.05) is 77.7 Å². The number of pyridine rings is 1. The number of rotatable bonds is 3. The molecular formula is C19H14BN5. The maximum Gasteiger partial charge on any atom is 0.452 e. The van der Waals surface area contributed by atoms with Crippen LogP contribution >= 0.6 is 0 Å². The number of amidine groups is 1. The van der Waals surface area contributed by atoms with Gasteiger partial charge in [-0.3, -0.25) is 15.3 Å². The molecule has 1 aliphatic heterocycles. The molecule has 6 heteroatoms. The van der Waals surface area contributed by atoms with Crippen molar-refractivity contribution < 1.29 is 0 Å². The first-order valence-electron chi connectivity index (χ1n) is 7.96. The lowest BCUT2D eigenvalue weighted by molar-refractivity contribution is 1.01. The van der Waals surface area contributed by atoms with E-state index in [2.05, 4.69) is 16.5 Å². The van der Waals surface area contributed by atoms with Gasteiger partial charge < -0.3 is 4.92 Å². The Hall–Kier alpha value is -3.59. The van der Waals surface area contributed by atoms with E-state index in [0.29, 0.717) is 11.4 Å². The molecule has 0 bridgehead atoms. The number of hydrogen-bond acceptors (Lipinski definition) is 5. The quantitative estimate of drug-likeness (QED) is 0.750. The highest BCUT2D eigenvalue weighted by Gasteiger charge is 2.35. The monoisotopic (exact) mass is 323 g/mol. The molecule has 1 aliphatic rings. The summed E-state index contributed by atoms with van der Waals surface area (Å²) in [4.78, 5) is 11.1. The van der Waals surface area contributed by atoms with Gasteiger partial charge in [-0.2, -0.15) is 5.26 Å². The normalized spacial score (nSPS) is 13.2. The van der Waals surface area contributed by atoms with Crippen molar-refractivity contribution in [3.8, 4) is 6.07 Å². The van der Waals surface area contributed by atoms with Gasteiger partial charge in [0.05, 0.1) is 11.6 Å². The van der Waals surface area contributed by atoms with Crippen LogP contribution in [0.25, 0.3) is 0 Å². The zero-order chi connectivity index (χ0) is 17.1. The molecule has 0 fully saturated rings. The predicted octanol–water partition coefficient (Wildman–Crippen LogP) is 2.12. The van der Waals surface area contributed by atoms with E-state index in [-0.39, 0.29) is 6.98 Å². The summed E-state index contributed by atoms with van der Waals surface area (Å²) in [6, 6.07) is 25.4. The molecule has 2 heterocycles. The summed E-state index contributed by atoms with van der Waals surface area (Å²) in [7, 11) is 0. The first-order chi connectivity index (χ1) is 12.4. The number of aromatic nitrogens is 1. The summed E-state index contributed by atoms with van der Waals surface area (Å²) in [6.45, 7) is -0.338. The van der Waals surface area contributed by atoms with Gasteiger partial charge in [0.15, 0.2) is 5.84 Å². The van der Waals surface area contributed by atoms with Gasteiger partial charge in [-0.15, -0.1) is 0 Å². The van der Waals surface area contributed by atoms with Crippen LogP contribution in [0.2, 0.25) is 0 Å². The molecule has 0 unspecified atom stereocenters. The molecule has 0 radical (unpaired) electrons. The highest BCUT2D eigenvalue weighted by molar-refractivity contribution is 6.78. The van der Waals surface area contributed by atoms with Crippen molar-refractivity contribution in [3.63, 3.8) is 0 Å². The fourth-order valence-corrected chi connectivity index (χ4v) is 2.84. The van der Waals surface area contributed by atoms with E-state index < -0.39 is 0 Å². The highest BCUT2D eigenvalue weighted by atomic mass is 15.5. The van der Waals surface area contributed by atoms with Crippen molar-refractivity contribution in [1.29, 1.82) is 5.26 Å². The molecule has 0 aliphatic carbocycles. The molecule has 1 N–H and O–H groups in total. The number of para-hydroxylation sites is 1. The minimum Gasteiger partial charge on any atom is -0.300 e. The van der Waals surface area contributed by atoms with Gasteiger partial charge in [0.2, 0.25) is 0 Å². The van der Waals surface area contributed by atoms with Crippen LogP contribution in [-0.2, 0) is 0 Å². The third-order valence-corrected chi connectivity index (χ3v) is 4.02. The van der Waals surface area contributed by atoms with Crippen LogP contribution in [0.1, 0.15) is 11.3 Å². The zero-order valence-electron chi connectivity index (χ0n) is 13.4. The molecule has 0 saturated carbocycles. The lowest BCUT2D eigenvalue weighted by atomic mass is 9.66. The largest absolute Gasteiger partial charge is 0.452 e. The second kappa shape index (κ2) is 6.50. The molecule has 2 aromatic carbocycles. The van der Waals surface area contributed by atoms with Crippen LogP contribution in [0.4, 0.5) is 5.69 Å². The summed E-state index contributed by atoms with van der Waals surface area (Å²) in [5.74, 6) is 0.683. The maximum absolute atomic E-state index is 9.47. The third-order valence-electron chi connectivity index (χ3n) is 4.02. The molecule has 5 nitrogen and oxygen atoms in total. The van der Waals surface area contributed by atoms with Gasteiger partial charge in [-0.05, 0) is 35.8 Å². The number of nitriles is 1. The van der Waals surface area contributed by atoms with Gasteiger partial charge in [0, 0.05) is 11.9 Å². The molecule has 0 saturated heterocycles. The Kier molecular flexibility index (Phi) is 3.89. The lowest BCUT2D eigenvalue weighted by Gasteiger charge is -2.24. The van der Waals surface area contributed by atoms with E-state index in [1.54, 1.807) is 6.20 Å². The Morgan fingerprint density at radius 3 is 2.44 bits per heavy atom. The average molecular weight is 323 g/mol. The summed E-state index contributed by atoms with van der Waals surface area (Å²) in [5, 5.41) is 9.47. The van der Waals surface area contributed by atoms with Gasteiger partial charge in [0.25, 0.3) is 0 Å². The third kappa shape index (κ3) is 2.84. The maximum atomic E-state index is 9.47. The molecule has 3 aromatic rings. The molecule has 0 atom stereocenters. The summed E-state index contributed by atoms with van der Waals surface area (Å²) in [6.07, 6.45) is 1.74. The molecule has 1 aromatic heterocycles. The van der Waals surface area contributed by atoms with E-state index >= 15 is 0 Å². The minimum atomic E-state index is -0.338. The van der Waals surface area contributed by atoms with Crippen molar-refractivity contribution in [2.75, 3.05) is 4.92 Å². The van der Waals surface area contributed by atoms with Crippen molar-refractivity contribution >= 4 is 24.0 Å². The van der Waals surface area contributed by atoms with E-state index in [1.165, 1.54) is 0 Å². The number of benzene rings is 2. The molecule has 4 rings (SSSR count). The van der Waals surface area contributed by atoms with Crippen LogP contribution in [0.15, 0.2) is 83.9 Å². The van der Waals surface area contributed by atoms with Gasteiger partial charge in [0.1, 0.15) is 5.69 Å². The number of hydrogen-bond donors (Lipinski definition) is 1. The Bertz CT molecular complexity index is 950. The second-order valence-electron chi connectivity index (χ2n) is 5.58. The van der Waals surface area contributed by atoms with Gasteiger partial charge in [-0.1, -0.05) is 42.5 Å². The molecule has 25 heavy (non-hydrogen) atoms. The molecule has 118 valence electrons. The fourth-order valence-electron chi connectivity index (χ4n) is 2.84. The molecular weight excluding hydrogens is 309 g/mol. The summed E-state index contributed by atoms with van der Waals surface area (Å²) < 4.78 is 0. The van der Waals surface area contributed by atoms with E-state index in [9.17, 15) is 5.26 Å². The second-order valence-corrected chi connectivity index (χ2v) is 5.58. The number of anilines is 1. The Morgan fingerprint density at radius 1 is 0.920 bits per heavy atom. The summed E-state index contributed by atoms with van der Waals surface area (Å²) in [5.41, 5.74) is 6.53. The van der Waals surface area contributed by atoms with Gasteiger partial charge in [-0.25, -0.2) is 0 Å². The zero-order valence-corrected chi connectivity index (χ0v) is 13.4. The first kappa shape index (κ1) is 15.0. The van der Waals surface area contributed by atoms with E-state index in [4.69, 9.17) is 4.90 Å². The predicted molar refractivity (Wildman–Crippen MR) is 99.4 cm³/mol. The highest BCUT2D eigenvalue weighted by Crippen LogP contribution is 2.18. The number of hydrazine groups is 1. The van der Waals surface area contributed by atoms with Crippen molar-refractivity contribution in [2.24, 2.45) is 4.90 Å². The van der Waals surface area contributed by atoms with Gasteiger partial charge >= 0.3 is 6.98 Å². The van der Waals surface area contributed by atoms with E-state index in [0.717, 1.165) is 16.8 Å². The smallest absolute Gasteiger partial charge is 0.300 e. The Balaban J connectivity index is 1.81. The molecule has 0 amide bonds. The molecule has 0 spiro atoms. The SMILES string of the molecule is N#Cc1ccccc1B1N=C(c2ccccn2)NN1c1ccccc1. The number of nitrogens with one attached hydrogen (secondary N) is 1. The van der Waals surface area contributed by atoms with Crippen LogP contribution < -0.4 is 15.8 Å². The Morgan fingerprint density at radius 2 is 1.68 bits per heavy atom. The first-order valence-corrected chi connectivity index (χ1v) is 7.96. The minimum absolute atomic E-state index is 0.338. The Labute approximate surface area is 146 Å². The lowest BCUT2D eigenvalue weighted by Crippen LogP contribution is -2.51. The van der Waals surface area contributed by atoms with Crippen molar-refractivity contribution in [1.82, 2.24) is 10.4 Å².